The average molecular weight is 472 g/mol. The summed E-state index contributed by atoms with van der Waals surface area (Å²) >= 11 is 0. The summed E-state index contributed by atoms with van der Waals surface area (Å²) < 4.78 is 32.7. The summed E-state index contributed by atoms with van der Waals surface area (Å²) in [7, 11) is -1.84. The molecule has 0 bridgehead atoms. The Morgan fingerprint density at radius 2 is 1.64 bits per heavy atom. The predicted molar refractivity (Wildman–Crippen MR) is 129 cm³/mol. The van der Waals surface area contributed by atoms with E-state index in [2.05, 4.69) is 10.2 Å². The van der Waals surface area contributed by atoms with Crippen LogP contribution >= 0.6 is 0 Å². The molecule has 178 valence electrons. The SMILES string of the molecule is COc1ccc(CN(CC(=O)Nc2ccc(S(=O)(=O)N3CCCCCC3)cc2)C2CC2)cc1. The first-order chi connectivity index (χ1) is 16.0. The van der Waals surface area contributed by atoms with Gasteiger partial charge in [0.1, 0.15) is 5.75 Å². The monoisotopic (exact) mass is 471 g/mol. The number of carbonyl (C=O) groups is 1. The number of nitrogens with zero attached hydrogens (tertiary/aromatic N) is 2. The summed E-state index contributed by atoms with van der Waals surface area (Å²) in [6.07, 6.45) is 6.17. The van der Waals surface area contributed by atoms with Crippen LogP contribution in [-0.4, -0.2) is 56.3 Å². The van der Waals surface area contributed by atoms with Gasteiger partial charge in [0.05, 0.1) is 18.6 Å². The van der Waals surface area contributed by atoms with Gasteiger partial charge in [0, 0.05) is 31.4 Å². The van der Waals surface area contributed by atoms with Gasteiger partial charge in [-0.15, -0.1) is 0 Å². The van der Waals surface area contributed by atoms with Gasteiger partial charge in [-0.1, -0.05) is 25.0 Å². The fraction of sp³-hybridized carbons (Fsp3) is 0.480. The van der Waals surface area contributed by atoms with Crippen molar-refractivity contribution in [3.63, 3.8) is 0 Å². The lowest BCUT2D eigenvalue weighted by Crippen LogP contribution is -2.34. The largest absolute Gasteiger partial charge is 0.497 e. The van der Waals surface area contributed by atoms with Crippen LogP contribution in [0.15, 0.2) is 53.4 Å². The molecular formula is C25H33N3O4S. The number of carbonyl (C=O) groups excluding carboxylic acids is 1. The highest BCUT2D eigenvalue weighted by Gasteiger charge is 2.30. The number of hydrogen-bond acceptors (Lipinski definition) is 5. The van der Waals surface area contributed by atoms with E-state index in [9.17, 15) is 13.2 Å². The van der Waals surface area contributed by atoms with Crippen molar-refractivity contribution in [2.45, 2.75) is 56.0 Å². The molecule has 1 aliphatic carbocycles. The number of ether oxygens (including phenoxy) is 1. The molecule has 1 N–H and O–H groups in total. The first-order valence-corrected chi connectivity index (χ1v) is 13.2. The van der Waals surface area contributed by atoms with Gasteiger partial charge in [-0.2, -0.15) is 4.31 Å². The zero-order valence-corrected chi connectivity index (χ0v) is 20.0. The third-order valence-electron chi connectivity index (χ3n) is 6.30. The van der Waals surface area contributed by atoms with Crippen LogP contribution in [0.2, 0.25) is 0 Å². The highest BCUT2D eigenvalue weighted by atomic mass is 32.2. The number of hydrogen-bond donors (Lipinski definition) is 1. The molecule has 1 saturated carbocycles. The van der Waals surface area contributed by atoms with Crippen LogP contribution in [0.5, 0.6) is 5.75 Å². The van der Waals surface area contributed by atoms with Crippen molar-refractivity contribution >= 4 is 21.6 Å². The number of rotatable bonds is 9. The number of amides is 1. The van der Waals surface area contributed by atoms with Crippen LogP contribution in [-0.2, 0) is 21.4 Å². The van der Waals surface area contributed by atoms with Crippen molar-refractivity contribution < 1.29 is 17.9 Å². The van der Waals surface area contributed by atoms with E-state index in [1.807, 2.05) is 24.3 Å². The van der Waals surface area contributed by atoms with E-state index in [0.717, 1.165) is 49.8 Å². The fourth-order valence-corrected chi connectivity index (χ4v) is 5.76. The van der Waals surface area contributed by atoms with Crippen LogP contribution in [0, 0.1) is 0 Å². The quantitative estimate of drug-likeness (QED) is 0.601. The van der Waals surface area contributed by atoms with E-state index in [0.29, 0.717) is 37.9 Å². The maximum atomic E-state index is 12.9. The van der Waals surface area contributed by atoms with Gasteiger partial charge in [0.2, 0.25) is 15.9 Å². The van der Waals surface area contributed by atoms with Gasteiger partial charge in [0.15, 0.2) is 0 Å². The second-order valence-electron chi connectivity index (χ2n) is 8.88. The Morgan fingerprint density at radius 3 is 2.21 bits per heavy atom. The highest BCUT2D eigenvalue weighted by Crippen LogP contribution is 2.29. The lowest BCUT2D eigenvalue weighted by atomic mass is 10.2. The van der Waals surface area contributed by atoms with Gasteiger partial charge in [-0.25, -0.2) is 8.42 Å². The first-order valence-electron chi connectivity index (χ1n) is 11.7. The number of anilines is 1. The summed E-state index contributed by atoms with van der Waals surface area (Å²) in [6.45, 7) is 2.15. The Hall–Kier alpha value is -2.42. The molecule has 0 aromatic heterocycles. The molecule has 2 fully saturated rings. The van der Waals surface area contributed by atoms with E-state index in [-0.39, 0.29) is 10.8 Å². The lowest BCUT2D eigenvalue weighted by Gasteiger charge is -2.22. The van der Waals surface area contributed by atoms with E-state index in [1.54, 1.807) is 35.7 Å². The molecule has 2 aromatic rings. The molecular weight excluding hydrogens is 438 g/mol. The molecule has 1 aliphatic heterocycles. The summed E-state index contributed by atoms with van der Waals surface area (Å²) in [5.41, 5.74) is 1.74. The van der Waals surface area contributed by atoms with Crippen LogP contribution in [0.1, 0.15) is 44.1 Å². The molecule has 2 aromatic carbocycles. The van der Waals surface area contributed by atoms with Crippen LogP contribution < -0.4 is 10.1 Å². The molecule has 0 unspecified atom stereocenters. The second kappa shape index (κ2) is 10.7. The maximum absolute atomic E-state index is 12.9. The van der Waals surface area contributed by atoms with E-state index >= 15 is 0 Å². The third kappa shape index (κ3) is 6.34. The topological polar surface area (TPSA) is 79.0 Å². The van der Waals surface area contributed by atoms with E-state index in [1.165, 1.54) is 0 Å². The lowest BCUT2D eigenvalue weighted by molar-refractivity contribution is -0.117. The Morgan fingerprint density at radius 1 is 1.00 bits per heavy atom. The molecule has 4 rings (SSSR count). The van der Waals surface area contributed by atoms with Gasteiger partial charge in [-0.3, -0.25) is 9.69 Å². The van der Waals surface area contributed by atoms with Gasteiger partial charge in [0.25, 0.3) is 0 Å². The smallest absolute Gasteiger partial charge is 0.243 e. The van der Waals surface area contributed by atoms with E-state index < -0.39 is 10.0 Å². The number of sulfonamides is 1. The van der Waals surface area contributed by atoms with Gasteiger partial charge >= 0.3 is 0 Å². The predicted octanol–water partition coefficient (Wildman–Crippen LogP) is 3.86. The van der Waals surface area contributed by atoms with Crippen LogP contribution in [0.25, 0.3) is 0 Å². The summed E-state index contributed by atoms with van der Waals surface area (Å²) in [5, 5.41) is 2.92. The summed E-state index contributed by atoms with van der Waals surface area (Å²) in [6, 6.07) is 14.9. The van der Waals surface area contributed by atoms with Crippen molar-refractivity contribution in [1.82, 2.24) is 9.21 Å². The fourth-order valence-electron chi connectivity index (χ4n) is 4.25. The molecule has 1 saturated heterocycles. The molecule has 1 amide bonds. The number of nitrogens with one attached hydrogen (secondary N) is 1. The summed E-state index contributed by atoms with van der Waals surface area (Å²) in [5.74, 6) is 0.717. The maximum Gasteiger partial charge on any atom is 0.243 e. The van der Waals surface area contributed by atoms with Crippen molar-refractivity contribution in [2.75, 3.05) is 32.1 Å². The Bertz CT molecular complexity index is 1030. The normalized spacial score (nSPS) is 17.5. The minimum atomic E-state index is -3.49. The molecule has 0 atom stereocenters. The number of benzene rings is 2. The molecule has 8 heteroatoms. The highest BCUT2D eigenvalue weighted by molar-refractivity contribution is 7.89. The minimum absolute atomic E-state index is 0.0986. The minimum Gasteiger partial charge on any atom is -0.497 e. The Labute approximate surface area is 196 Å². The third-order valence-corrected chi connectivity index (χ3v) is 8.21. The van der Waals surface area contributed by atoms with Crippen molar-refractivity contribution in [3.05, 3.63) is 54.1 Å². The Kier molecular flexibility index (Phi) is 7.67. The van der Waals surface area contributed by atoms with Gasteiger partial charge in [-0.05, 0) is 67.6 Å². The molecule has 2 aliphatic rings. The molecule has 1 heterocycles. The molecule has 7 nitrogen and oxygen atoms in total. The molecule has 33 heavy (non-hydrogen) atoms. The summed E-state index contributed by atoms with van der Waals surface area (Å²) in [4.78, 5) is 15.2. The van der Waals surface area contributed by atoms with Crippen LogP contribution in [0.3, 0.4) is 0 Å². The standard InChI is InChI=1S/C25H33N3O4S/c1-32-23-12-6-20(7-13-23)18-27(22-10-11-22)19-25(29)26-21-8-14-24(15-9-21)33(30,31)28-16-4-2-3-5-17-28/h6-9,12-15,22H,2-5,10-11,16-19H2,1H3,(H,26,29). The average Bonchev–Trinajstić information content (AvgIpc) is 3.67. The van der Waals surface area contributed by atoms with Gasteiger partial charge < -0.3 is 10.1 Å². The van der Waals surface area contributed by atoms with E-state index in [4.69, 9.17) is 4.74 Å². The molecule has 0 spiro atoms. The number of methoxy groups -OCH3 is 1. The Balaban J connectivity index is 1.35. The van der Waals surface area contributed by atoms with Crippen molar-refractivity contribution in [1.29, 1.82) is 0 Å². The zero-order chi connectivity index (χ0) is 23.3. The van der Waals surface area contributed by atoms with Crippen LogP contribution in [0.4, 0.5) is 5.69 Å². The van der Waals surface area contributed by atoms with Crippen molar-refractivity contribution in [3.8, 4) is 5.75 Å². The zero-order valence-electron chi connectivity index (χ0n) is 19.2. The van der Waals surface area contributed by atoms with Crippen molar-refractivity contribution in [2.24, 2.45) is 0 Å². The first kappa shape index (κ1) is 23.7. The second-order valence-corrected chi connectivity index (χ2v) is 10.8. The molecule has 0 radical (unpaired) electrons.